The number of aryl methyl sites for hydroxylation is 1. The van der Waals surface area contributed by atoms with E-state index in [0.717, 1.165) is 11.3 Å². The van der Waals surface area contributed by atoms with Gasteiger partial charge in [0.2, 0.25) is 0 Å². The van der Waals surface area contributed by atoms with Gasteiger partial charge in [0.05, 0.1) is 0 Å². The lowest BCUT2D eigenvalue weighted by molar-refractivity contribution is 0.484. The summed E-state index contributed by atoms with van der Waals surface area (Å²) in [5.41, 5.74) is 8.07. The predicted octanol–water partition coefficient (Wildman–Crippen LogP) is 3.84. The molecule has 2 N–H and O–H groups in total. The van der Waals surface area contributed by atoms with Gasteiger partial charge in [-0.2, -0.15) is 0 Å². The SMILES string of the molecule is Cc1cccc(CN)c1O[Si](C)(C)C(C)(C)C. The second-order valence-corrected chi connectivity index (χ2v) is 10.9. The van der Waals surface area contributed by atoms with Crippen LogP contribution in [0.1, 0.15) is 31.9 Å². The van der Waals surface area contributed by atoms with Crippen LogP contribution in [-0.4, -0.2) is 8.32 Å². The molecule has 0 spiro atoms. The molecule has 0 radical (unpaired) electrons. The smallest absolute Gasteiger partial charge is 0.250 e. The molecule has 17 heavy (non-hydrogen) atoms. The largest absolute Gasteiger partial charge is 0.543 e. The Balaban J connectivity index is 3.11. The van der Waals surface area contributed by atoms with Crippen LogP contribution < -0.4 is 10.2 Å². The molecule has 96 valence electrons. The first-order valence-corrected chi connectivity index (χ1v) is 9.07. The van der Waals surface area contributed by atoms with E-state index < -0.39 is 8.32 Å². The molecule has 0 aliphatic carbocycles. The molecule has 0 aromatic heterocycles. The van der Waals surface area contributed by atoms with Gasteiger partial charge in [0.1, 0.15) is 5.75 Å². The number of nitrogens with two attached hydrogens (primary N) is 1. The molecule has 0 saturated carbocycles. The summed E-state index contributed by atoms with van der Waals surface area (Å²) in [7, 11) is -1.78. The van der Waals surface area contributed by atoms with E-state index >= 15 is 0 Å². The van der Waals surface area contributed by atoms with Crippen molar-refractivity contribution >= 4 is 8.32 Å². The topological polar surface area (TPSA) is 35.2 Å². The highest BCUT2D eigenvalue weighted by molar-refractivity contribution is 6.74. The van der Waals surface area contributed by atoms with Crippen LogP contribution in [-0.2, 0) is 6.54 Å². The molecule has 0 bridgehead atoms. The van der Waals surface area contributed by atoms with Gasteiger partial charge >= 0.3 is 0 Å². The summed E-state index contributed by atoms with van der Waals surface area (Å²) < 4.78 is 6.38. The van der Waals surface area contributed by atoms with Crippen molar-refractivity contribution in [2.24, 2.45) is 5.73 Å². The summed E-state index contributed by atoms with van der Waals surface area (Å²) >= 11 is 0. The Kier molecular flexibility index (Phi) is 4.05. The third kappa shape index (κ3) is 3.10. The minimum Gasteiger partial charge on any atom is -0.543 e. The summed E-state index contributed by atoms with van der Waals surface area (Å²) in [6, 6.07) is 6.17. The Hall–Kier alpha value is -0.803. The summed E-state index contributed by atoms with van der Waals surface area (Å²) in [6.07, 6.45) is 0. The molecular formula is C14H25NOSi. The minimum absolute atomic E-state index is 0.209. The van der Waals surface area contributed by atoms with Crippen LogP contribution in [0.4, 0.5) is 0 Å². The summed E-state index contributed by atoms with van der Waals surface area (Å²) in [4.78, 5) is 0. The van der Waals surface area contributed by atoms with Gasteiger partial charge in [-0.25, -0.2) is 0 Å². The van der Waals surface area contributed by atoms with E-state index in [1.54, 1.807) is 0 Å². The zero-order chi connectivity index (χ0) is 13.3. The van der Waals surface area contributed by atoms with Gasteiger partial charge in [-0.15, -0.1) is 0 Å². The second-order valence-electron chi connectivity index (χ2n) is 6.13. The second kappa shape index (κ2) is 4.82. The molecule has 1 rings (SSSR count). The van der Waals surface area contributed by atoms with Gasteiger partial charge in [-0.05, 0) is 30.6 Å². The Labute approximate surface area is 106 Å². The monoisotopic (exact) mass is 251 g/mol. The molecule has 0 aliphatic rings. The Morgan fingerprint density at radius 2 is 1.82 bits per heavy atom. The molecule has 3 heteroatoms. The van der Waals surface area contributed by atoms with Crippen molar-refractivity contribution in [3.05, 3.63) is 29.3 Å². The fourth-order valence-corrected chi connectivity index (χ4v) is 2.54. The standard InChI is InChI=1S/C14H25NOSi/c1-11-8-7-9-12(10-15)13(11)16-17(5,6)14(2,3)4/h7-9H,10,15H2,1-6H3. The highest BCUT2D eigenvalue weighted by Crippen LogP contribution is 2.39. The van der Waals surface area contributed by atoms with Gasteiger partial charge in [-0.3, -0.25) is 0 Å². The van der Waals surface area contributed by atoms with E-state index in [0.29, 0.717) is 6.54 Å². The first kappa shape index (κ1) is 14.3. The number of benzene rings is 1. The van der Waals surface area contributed by atoms with E-state index in [9.17, 15) is 0 Å². The number of para-hydroxylation sites is 1. The van der Waals surface area contributed by atoms with Crippen LogP contribution in [0, 0.1) is 6.92 Å². The number of rotatable bonds is 3. The minimum atomic E-state index is -1.78. The van der Waals surface area contributed by atoms with E-state index in [-0.39, 0.29) is 5.04 Å². The number of hydrogen-bond acceptors (Lipinski definition) is 2. The molecule has 2 nitrogen and oxygen atoms in total. The average Bonchev–Trinajstić information content (AvgIpc) is 2.19. The van der Waals surface area contributed by atoms with Crippen LogP contribution >= 0.6 is 0 Å². The molecule has 0 atom stereocenters. The van der Waals surface area contributed by atoms with Gasteiger partial charge in [0, 0.05) is 12.1 Å². The zero-order valence-corrected chi connectivity index (χ0v) is 12.9. The number of hydrogen-bond donors (Lipinski definition) is 1. The van der Waals surface area contributed by atoms with Crippen molar-refractivity contribution in [3.8, 4) is 5.75 Å². The third-order valence-electron chi connectivity index (χ3n) is 3.68. The summed E-state index contributed by atoms with van der Waals surface area (Å²) in [5, 5.41) is 0.209. The molecule has 0 aliphatic heterocycles. The molecule has 1 aromatic rings. The predicted molar refractivity (Wildman–Crippen MR) is 76.9 cm³/mol. The first-order chi connectivity index (χ1) is 7.69. The van der Waals surface area contributed by atoms with Crippen molar-refractivity contribution in [3.63, 3.8) is 0 Å². The van der Waals surface area contributed by atoms with Gasteiger partial charge in [0.15, 0.2) is 0 Å². The van der Waals surface area contributed by atoms with Crippen molar-refractivity contribution in [2.75, 3.05) is 0 Å². The molecule has 1 aromatic carbocycles. The lowest BCUT2D eigenvalue weighted by atomic mass is 10.1. The highest BCUT2D eigenvalue weighted by atomic mass is 28.4. The fraction of sp³-hybridized carbons (Fsp3) is 0.571. The average molecular weight is 251 g/mol. The molecule has 0 saturated heterocycles. The van der Waals surface area contributed by atoms with Crippen molar-refractivity contribution in [1.29, 1.82) is 0 Å². The fourth-order valence-electron chi connectivity index (χ4n) is 1.43. The molecular weight excluding hydrogens is 226 g/mol. The quantitative estimate of drug-likeness (QED) is 0.828. The highest BCUT2D eigenvalue weighted by Gasteiger charge is 2.39. The maximum atomic E-state index is 6.38. The van der Waals surface area contributed by atoms with Crippen molar-refractivity contribution in [2.45, 2.75) is 52.4 Å². The Morgan fingerprint density at radius 3 is 2.29 bits per heavy atom. The molecule has 0 heterocycles. The van der Waals surface area contributed by atoms with Crippen LogP contribution in [0.25, 0.3) is 0 Å². The van der Waals surface area contributed by atoms with Gasteiger partial charge < -0.3 is 10.2 Å². The Morgan fingerprint density at radius 1 is 1.24 bits per heavy atom. The van der Waals surface area contributed by atoms with Crippen LogP contribution in [0.5, 0.6) is 5.75 Å². The Bertz CT molecular complexity index is 394. The lowest BCUT2D eigenvalue weighted by Gasteiger charge is -2.37. The van der Waals surface area contributed by atoms with Crippen molar-refractivity contribution in [1.82, 2.24) is 0 Å². The summed E-state index contributed by atoms with van der Waals surface area (Å²) in [6.45, 7) is 13.9. The summed E-state index contributed by atoms with van der Waals surface area (Å²) in [5.74, 6) is 1.00. The lowest BCUT2D eigenvalue weighted by Crippen LogP contribution is -2.44. The van der Waals surface area contributed by atoms with Crippen molar-refractivity contribution < 1.29 is 4.43 Å². The third-order valence-corrected chi connectivity index (χ3v) is 8.00. The maximum Gasteiger partial charge on any atom is 0.250 e. The van der Waals surface area contributed by atoms with E-state index in [4.69, 9.17) is 10.2 Å². The van der Waals surface area contributed by atoms with E-state index in [1.807, 2.05) is 6.07 Å². The first-order valence-electron chi connectivity index (χ1n) is 6.16. The normalized spacial score (nSPS) is 12.6. The van der Waals surface area contributed by atoms with E-state index in [2.05, 4.69) is 52.9 Å². The van der Waals surface area contributed by atoms with Crippen LogP contribution in [0.3, 0.4) is 0 Å². The molecule has 0 fully saturated rings. The van der Waals surface area contributed by atoms with Gasteiger partial charge in [-0.1, -0.05) is 39.0 Å². The maximum absolute atomic E-state index is 6.38. The zero-order valence-electron chi connectivity index (χ0n) is 11.9. The van der Waals surface area contributed by atoms with Gasteiger partial charge in [0.25, 0.3) is 8.32 Å². The molecule has 0 unspecified atom stereocenters. The van der Waals surface area contributed by atoms with E-state index in [1.165, 1.54) is 5.56 Å². The van der Waals surface area contributed by atoms with Crippen LogP contribution in [0.2, 0.25) is 18.1 Å². The van der Waals surface area contributed by atoms with Crippen LogP contribution in [0.15, 0.2) is 18.2 Å². The molecule has 0 amide bonds.